The van der Waals surface area contributed by atoms with Crippen molar-refractivity contribution in [1.29, 1.82) is 0 Å². The second-order valence-electron chi connectivity index (χ2n) is 4.40. The van der Waals surface area contributed by atoms with Gasteiger partial charge in [-0.15, -0.1) is 0 Å². The Labute approximate surface area is 106 Å². The predicted molar refractivity (Wildman–Crippen MR) is 60.6 cm³/mol. The molecule has 19 heavy (non-hydrogen) atoms. The summed E-state index contributed by atoms with van der Waals surface area (Å²) in [4.78, 5) is 3.80. The van der Waals surface area contributed by atoms with Gasteiger partial charge in [0.2, 0.25) is 5.89 Å². The molecule has 4 nitrogen and oxygen atoms in total. The van der Waals surface area contributed by atoms with E-state index in [1.807, 2.05) is 24.3 Å². The van der Waals surface area contributed by atoms with E-state index in [1.54, 1.807) is 0 Å². The van der Waals surface area contributed by atoms with Crippen molar-refractivity contribution in [2.45, 2.75) is 25.1 Å². The monoisotopic (exact) mass is 269 g/mol. The molecular weight excluding hydrogens is 259 g/mol. The van der Waals surface area contributed by atoms with Gasteiger partial charge < -0.3 is 9.84 Å². The van der Waals surface area contributed by atoms with E-state index in [0.29, 0.717) is 6.42 Å². The summed E-state index contributed by atoms with van der Waals surface area (Å²) in [6, 6.07) is 7.40. The van der Waals surface area contributed by atoms with Crippen LogP contribution in [0.15, 0.2) is 28.8 Å². The average molecular weight is 269 g/mol. The molecular formula is C12H10F3N3O. The Morgan fingerprint density at radius 3 is 2.84 bits per heavy atom. The second-order valence-corrected chi connectivity index (χ2v) is 4.40. The number of nitrogens with one attached hydrogen (secondary N) is 1. The number of rotatable bonds is 2. The number of benzene rings is 1. The first-order valence-corrected chi connectivity index (χ1v) is 5.75. The summed E-state index contributed by atoms with van der Waals surface area (Å²) >= 11 is 0. The number of nitrogens with zero attached hydrogens (tertiary/aromatic N) is 2. The van der Waals surface area contributed by atoms with Gasteiger partial charge in [0.15, 0.2) is 5.82 Å². The number of fused-ring (bicyclic) bond motifs is 1. The van der Waals surface area contributed by atoms with E-state index in [2.05, 4.69) is 15.5 Å². The Bertz CT molecular complexity index is 569. The van der Waals surface area contributed by atoms with E-state index in [4.69, 9.17) is 4.52 Å². The van der Waals surface area contributed by atoms with Crippen molar-refractivity contribution in [1.82, 2.24) is 10.1 Å². The van der Waals surface area contributed by atoms with Crippen LogP contribution >= 0.6 is 0 Å². The highest BCUT2D eigenvalue weighted by atomic mass is 19.4. The van der Waals surface area contributed by atoms with E-state index in [-0.39, 0.29) is 17.8 Å². The van der Waals surface area contributed by atoms with Gasteiger partial charge in [0.25, 0.3) is 0 Å². The number of alkyl halides is 3. The van der Waals surface area contributed by atoms with Gasteiger partial charge >= 0.3 is 6.18 Å². The molecule has 0 aliphatic carbocycles. The molecule has 0 spiro atoms. The van der Waals surface area contributed by atoms with Gasteiger partial charge in [-0.25, -0.2) is 0 Å². The number of hydrogen-bond acceptors (Lipinski definition) is 4. The van der Waals surface area contributed by atoms with Gasteiger partial charge in [-0.2, -0.15) is 18.2 Å². The smallest absolute Gasteiger partial charge is 0.373 e. The van der Waals surface area contributed by atoms with Crippen LogP contribution in [-0.2, 0) is 12.8 Å². The van der Waals surface area contributed by atoms with E-state index >= 15 is 0 Å². The molecule has 2 heterocycles. The van der Waals surface area contributed by atoms with Crippen LogP contribution < -0.4 is 5.32 Å². The first kappa shape index (κ1) is 12.0. The molecule has 7 heteroatoms. The van der Waals surface area contributed by atoms with Gasteiger partial charge in [0, 0.05) is 12.1 Å². The van der Waals surface area contributed by atoms with E-state index < -0.39 is 12.6 Å². The number of para-hydroxylation sites is 1. The van der Waals surface area contributed by atoms with E-state index in [0.717, 1.165) is 11.3 Å². The summed E-state index contributed by atoms with van der Waals surface area (Å²) < 4.78 is 41.5. The fraction of sp³-hybridized carbons (Fsp3) is 0.333. The summed E-state index contributed by atoms with van der Waals surface area (Å²) in [5.41, 5.74) is 2.03. The molecule has 1 aromatic heterocycles. The Kier molecular flexibility index (Phi) is 2.69. The summed E-state index contributed by atoms with van der Waals surface area (Å²) in [6.07, 6.45) is -4.87. The largest absolute Gasteiger partial charge is 0.396 e. The molecule has 0 bridgehead atoms. The van der Waals surface area contributed by atoms with Crippen molar-refractivity contribution < 1.29 is 17.7 Å². The lowest BCUT2D eigenvalue weighted by molar-refractivity contribution is -0.128. The zero-order chi connectivity index (χ0) is 13.5. The van der Waals surface area contributed by atoms with Crippen LogP contribution in [0, 0.1) is 0 Å². The van der Waals surface area contributed by atoms with Crippen molar-refractivity contribution in [3.63, 3.8) is 0 Å². The highest BCUT2D eigenvalue weighted by molar-refractivity contribution is 5.56. The molecule has 0 amide bonds. The SMILES string of the molecule is FC(F)(F)Cc1noc(C2Cc3ccccc3N2)n1. The van der Waals surface area contributed by atoms with Crippen LogP contribution in [0.4, 0.5) is 18.9 Å². The first-order chi connectivity index (χ1) is 9.01. The highest BCUT2D eigenvalue weighted by Crippen LogP contribution is 2.33. The van der Waals surface area contributed by atoms with Gasteiger partial charge in [-0.1, -0.05) is 23.4 Å². The molecule has 2 aromatic rings. The van der Waals surface area contributed by atoms with Crippen molar-refractivity contribution >= 4 is 5.69 Å². The molecule has 3 rings (SSSR count). The van der Waals surface area contributed by atoms with Crippen LogP contribution in [0.25, 0.3) is 0 Å². The zero-order valence-corrected chi connectivity index (χ0v) is 9.74. The zero-order valence-electron chi connectivity index (χ0n) is 9.74. The maximum absolute atomic E-state index is 12.2. The fourth-order valence-electron chi connectivity index (χ4n) is 2.11. The summed E-state index contributed by atoms with van der Waals surface area (Å²) in [5, 5.41) is 6.51. The Morgan fingerprint density at radius 1 is 1.32 bits per heavy atom. The third-order valence-corrected chi connectivity index (χ3v) is 2.91. The van der Waals surface area contributed by atoms with Crippen LogP contribution in [0.3, 0.4) is 0 Å². The standard InChI is InChI=1S/C12H10F3N3O/c13-12(14,15)6-10-17-11(19-18-10)9-5-7-3-1-2-4-8(7)16-9/h1-4,9,16H,5-6H2. The Hall–Kier alpha value is -2.05. The lowest BCUT2D eigenvalue weighted by Gasteiger charge is -2.04. The summed E-state index contributed by atoms with van der Waals surface area (Å²) in [6.45, 7) is 0. The number of aromatic nitrogens is 2. The molecule has 1 aliphatic heterocycles. The molecule has 1 aromatic carbocycles. The molecule has 100 valence electrons. The number of anilines is 1. The number of hydrogen-bond donors (Lipinski definition) is 1. The van der Waals surface area contributed by atoms with E-state index in [1.165, 1.54) is 0 Å². The van der Waals surface area contributed by atoms with Crippen molar-refractivity contribution in [3.8, 4) is 0 Å². The molecule has 0 saturated carbocycles. The van der Waals surface area contributed by atoms with E-state index in [9.17, 15) is 13.2 Å². The highest BCUT2D eigenvalue weighted by Gasteiger charge is 2.32. The minimum absolute atomic E-state index is 0.190. The molecule has 1 unspecified atom stereocenters. The Morgan fingerprint density at radius 2 is 2.11 bits per heavy atom. The van der Waals surface area contributed by atoms with Gasteiger partial charge in [-0.3, -0.25) is 0 Å². The summed E-state index contributed by atoms with van der Waals surface area (Å²) in [7, 11) is 0. The van der Waals surface area contributed by atoms with Crippen molar-refractivity contribution in [3.05, 3.63) is 41.5 Å². The lowest BCUT2D eigenvalue weighted by Crippen LogP contribution is -2.13. The third-order valence-electron chi connectivity index (χ3n) is 2.91. The normalized spacial score (nSPS) is 18.2. The molecule has 1 N–H and O–H groups in total. The quantitative estimate of drug-likeness (QED) is 0.910. The first-order valence-electron chi connectivity index (χ1n) is 5.75. The molecule has 0 fully saturated rings. The van der Waals surface area contributed by atoms with Gasteiger partial charge in [0.05, 0.1) is 0 Å². The van der Waals surface area contributed by atoms with Crippen LogP contribution in [0.5, 0.6) is 0 Å². The van der Waals surface area contributed by atoms with Crippen molar-refractivity contribution in [2.75, 3.05) is 5.32 Å². The van der Waals surface area contributed by atoms with Gasteiger partial charge in [0.1, 0.15) is 12.5 Å². The van der Waals surface area contributed by atoms with Crippen molar-refractivity contribution in [2.24, 2.45) is 0 Å². The minimum Gasteiger partial charge on any atom is -0.373 e. The maximum Gasteiger partial charge on any atom is 0.396 e. The third kappa shape index (κ3) is 2.54. The van der Waals surface area contributed by atoms with Gasteiger partial charge in [-0.05, 0) is 11.6 Å². The average Bonchev–Trinajstić information content (AvgIpc) is 2.91. The molecule has 1 aliphatic rings. The molecule has 0 radical (unpaired) electrons. The minimum atomic E-state index is -4.33. The molecule has 1 atom stereocenters. The fourth-order valence-corrected chi connectivity index (χ4v) is 2.11. The van der Waals surface area contributed by atoms with Crippen LogP contribution in [-0.4, -0.2) is 16.3 Å². The number of halogens is 3. The Balaban J connectivity index is 1.75. The lowest BCUT2D eigenvalue weighted by atomic mass is 10.1. The second kappa shape index (κ2) is 4.25. The maximum atomic E-state index is 12.2. The van der Waals surface area contributed by atoms with Crippen LogP contribution in [0.1, 0.15) is 23.3 Å². The summed E-state index contributed by atoms with van der Waals surface area (Å²) in [5.74, 6) is -0.143. The molecule has 0 saturated heterocycles. The predicted octanol–water partition coefficient (Wildman–Crippen LogP) is 2.88. The van der Waals surface area contributed by atoms with Crippen LogP contribution in [0.2, 0.25) is 0 Å². The topological polar surface area (TPSA) is 51.0 Å².